The molecule has 10 nitrogen and oxygen atoms in total. The van der Waals surface area contributed by atoms with E-state index in [1.807, 2.05) is 18.2 Å². The number of pyridine rings is 1. The molecule has 2 heterocycles. The van der Waals surface area contributed by atoms with Crippen molar-refractivity contribution in [3.8, 4) is 11.5 Å². The number of benzene rings is 1. The van der Waals surface area contributed by atoms with Crippen molar-refractivity contribution in [3.05, 3.63) is 54.5 Å². The molecular formula is C23H27N7O3. The van der Waals surface area contributed by atoms with Crippen molar-refractivity contribution < 1.29 is 14.3 Å². The van der Waals surface area contributed by atoms with Gasteiger partial charge < -0.3 is 30.7 Å². The quantitative estimate of drug-likeness (QED) is 0.452. The van der Waals surface area contributed by atoms with Gasteiger partial charge in [0.15, 0.2) is 17.2 Å². The van der Waals surface area contributed by atoms with E-state index in [1.54, 1.807) is 31.5 Å². The lowest BCUT2D eigenvalue weighted by Crippen LogP contribution is -2.46. The van der Waals surface area contributed by atoms with Gasteiger partial charge in [-0.1, -0.05) is 0 Å². The van der Waals surface area contributed by atoms with Crippen LogP contribution in [-0.4, -0.2) is 59.1 Å². The smallest absolute Gasteiger partial charge is 0.269 e. The van der Waals surface area contributed by atoms with Crippen LogP contribution >= 0.6 is 0 Å². The Morgan fingerprint density at radius 1 is 1.09 bits per heavy atom. The molecule has 0 atom stereocenters. The molecule has 172 valence electrons. The lowest BCUT2D eigenvalue weighted by molar-refractivity contribution is 0.0383. The molecule has 4 N–H and O–H groups in total. The van der Waals surface area contributed by atoms with Gasteiger partial charge in [0.25, 0.3) is 5.91 Å². The first-order valence-corrected chi connectivity index (χ1v) is 10.6. The molecule has 0 unspecified atom stereocenters. The monoisotopic (exact) mass is 449 g/mol. The minimum absolute atomic E-state index is 0.134. The van der Waals surface area contributed by atoms with Crippen molar-refractivity contribution in [1.82, 2.24) is 19.9 Å². The second-order valence-electron chi connectivity index (χ2n) is 7.97. The molecule has 1 aliphatic carbocycles. The Labute approximate surface area is 192 Å². The van der Waals surface area contributed by atoms with Gasteiger partial charge in [-0.25, -0.2) is 9.97 Å². The fourth-order valence-corrected chi connectivity index (χ4v) is 3.54. The number of primary amides is 1. The van der Waals surface area contributed by atoms with E-state index < -0.39 is 5.91 Å². The summed E-state index contributed by atoms with van der Waals surface area (Å²) in [5.74, 6) is 1.56. The molecule has 4 rings (SSSR count). The van der Waals surface area contributed by atoms with E-state index in [1.165, 1.54) is 6.20 Å². The first-order valence-electron chi connectivity index (χ1n) is 10.6. The third kappa shape index (κ3) is 5.29. The highest BCUT2D eigenvalue weighted by molar-refractivity contribution is 5.97. The van der Waals surface area contributed by atoms with Crippen LogP contribution in [0.1, 0.15) is 23.3 Å². The number of carbonyl (C=O) groups is 1. The van der Waals surface area contributed by atoms with E-state index in [0.29, 0.717) is 35.0 Å². The molecule has 33 heavy (non-hydrogen) atoms. The normalized spacial score (nSPS) is 17.2. The number of carbonyl (C=O) groups excluding carboxylic acids is 1. The van der Waals surface area contributed by atoms with Crippen molar-refractivity contribution in [1.29, 1.82) is 0 Å². The van der Waals surface area contributed by atoms with Gasteiger partial charge >= 0.3 is 0 Å². The van der Waals surface area contributed by atoms with E-state index in [2.05, 4.69) is 44.6 Å². The summed E-state index contributed by atoms with van der Waals surface area (Å²) in [5, 5.41) is 6.22. The Hall–Kier alpha value is -3.92. The number of ether oxygens (including phenoxy) is 2. The summed E-state index contributed by atoms with van der Waals surface area (Å²) in [6, 6.07) is 11.2. The summed E-state index contributed by atoms with van der Waals surface area (Å²) in [6.07, 6.45) is 5.29. The van der Waals surface area contributed by atoms with Gasteiger partial charge in [-0.15, -0.1) is 0 Å². The van der Waals surface area contributed by atoms with E-state index >= 15 is 0 Å². The minimum atomic E-state index is -0.626. The second-order valence-corrected chi connectivity index (χ2v) is 7.97. The van der Waals surface area contributed by atoms with Gasteiger partial charge in [0, 0.05) is 30.2 Å². The van der Waals surface area contributed by atoms with E-state index in [4.69, 9.17) is 15.2 Å². The highest BCUT2D eigenvalue weighted by Crippen LogP contribution is 2.36. The largest absolute Gasteiger partial charge is 0.493 e. The van der Waals surface area contributed by atoms with Crippen molar-refractivity contribution >= 4 is 29.0 Å². The maximum absolute atomic E-state index is 11.6. The highest BCUT2D eigenvalue weighted by atomic mass is 16.5. The predicted octanol–water partition coefficient (Wildman–Crippen LogP) is 2.94. The number of anilines is 4. The van der Waals surface area contributed by atoms with Gasteiger partial charge in [-0.05, 0) is 57.3 Å². The van der Waals surface area contributed by atoms with Gasteiger partial charge in [-0.2, -0.15) is 4.98 Å². The van der Waals surface area contributed by atoms with Gasteiger partial charge in [0.1, 0.15) is 11.9 Å². The van der Waals surface area contributed by atoms with E-state index in [0.717, 1.165) is 18.5 Å². The second kappa shape index (κ2) is 9.70. The number of amides is 1. The van der Waals surface area contributed by atoms with Crippen LogP contribution in [0, 0.1) is 0 Å². The number of methoxy groups -OCH3 is 1. The molecule has 10 heteroatoms. The molecular weight excluding hydrogens is 422 g/mol. The number of nitrogens with zero attached hydrogens (tertiary/aromatic N) is 4. The maximum atomic E-state index is 11.6. The molecule has 0 spiro atoms. The zero-order valence-electron chi connectivity index (χ0n) is 18.8. The predicted molar refractivity (Wildman–Crippen MR) is 125 cm³/mol. The molecule has 3 aromatic rings. The molecule has 1 aromatic carbocycles. The summed E-state index contributed by atoms with van der Waals surface area (Å²) >= 11 is 0. The first kappa shape index (κ1) is 22.3. The summed E-state index contributed by atoms with van der Waals surface area (Å²) < 4.78 is 11.6. The Balaban J connectivity index is 1.44. The molecule has 2 aromatic heterocycles. The third-order valence-corrected chi connectivity index (χ3v) is 5.47. The zero-order valence-corrected chi connectivity index (χ0v) is 18.8. The van der Waals surface area contributed by atoms with Crippen LogP contribution in [0.4, 0.5) is 23.1 Å². The van der Waals surface area contributed by atoms with Gasteiger partial charge in [-0.3, -0.25) is 4.79 Å². The highest BCUT2D eigenvalue weighted by Gasteiger charge is 2.32. The topological polar surface area (TPSA) is 128 Å². The Kier molecular flexibility index (Phi) is 6.55. The fourth-order valence-electron chi connectivity index (χ4n) is 3.54. The molecule has 0 aliphatic heterocycles. The number of hydrogen-bond acceptors (Lipinski definition) is 9. The van der Waals surface area contributed by atoms with Crippen LogP contribution in [0.3, 0.4) is 0 Å². The lowest BCUT2D eigenvalue weighted by atomic mass is 9.88. The number of hydrogen-bond donors (Lipinski definition) is 3. The molecule has 1 fully saturated rings. The molecule has 1 aliphatic rings. The summed E-state index contributed by atoms with van der Waals surface area (Å²) in [5.41, 5.74) is 6.73. The number of rotatable bonds is 9. The summed E-state index contributed by atoms with van der Waals surface area (Å²) in [6.45, 7) is 0. The van der Waals surface area contributed by atoms with Gasteiger partial charge in [0.2, 0.25) is 5.95 Å². The van der Waals surface area contributed by atoms with Gasteiger partial charge in [0.05, 0.1) is 12.8 Å². The average Bonchev–Trinajstić information content (AvgIpc) is 2.76. The molecule has 0 saturated heterocycles. The van der Waals surface area contributed by atoms with E-state index in [9.17, 15) is 4.79 Å². The maximum Gasteiger partial charge on any atom is 0.269 e. The van der Waals surface area contributed by atoms with Crippen LogP contribution in [0.5, 0.6) is 11.5 Å². The Morgan fingerprint density at radius 3 is 2.64 bits per heavy atom. The van der Waals surface area contributed by atoms with Crippen LogP contribution in [-0.2, 0) is 0 Å². The number of nitrogens with one attached hydrogen (secondary N) is 2. The molecule has 1 saturated carbocycles. The number of aromatic nitrogens is 3. The minimum Gasteiger partial charge on any atom is -0.493 e. The van der Waals surface area contributed by atoms with Crippen LogP contribution in [0.2, 0.25) is 0 Å². The van der Waals surface area contributed by atoms with E-state index in [-0.39, 0.29) is 11.8 Å². The molecule has 1 amide bonds. The number of nitrogens with two attached hydrogens (primary N) is 1. The summed E-state index contributed by atoms with van der Waals surface area (Å²) in [4.78, 5) is 26.5. The van der Waals surface area contributed by atoms with Crippen LogP contribution in [0.15, 0.2) is 48.8 Å². The first-order chi connectivity index (χ1) is 15.9. The average molecular weight is 450 g/mol. The molecule has 0 radical (unpaired) electrons. The SMILES string of the molecule is COc1cc(Nc2nccc(Nc3cccnc3C(N)=O)n2)ccc1OC1CC(N(C)C)C1. The third-order valence-electron chi connectivity index (χ3n) is 5.47. The van der Waals surface area contributed by atoms with Crippen molar-refractivity contribution in [2.75, 3.05) is 31.8 Å². The Morgan fingerprint density at radius 2 is 1.91 bits per heavy atom. The molecule has 0 bridgehead atoms. The fraction of sp³-hybridized carbons (Fsp3) is 0.304. The van der Waals surface area contributed by atoms with Crippen molar-refractivity contribution in [2.24, 2.45) is 5.73 Å². The van der Waals surface area contributed by atoms with Crippen LogP contribution in [0.25, 0.3) is 0 Å². The standard InChI is InChI=1S/C23H27N7O3/c1-30(2)15-12-16(13-15)33-18-7-6-14(11-19(18)32-3)27-23-26-10-8-20(29-23)28-17-5-4-9-25-21(17)22(24)31/h4-11,15-16H,12-13H2,1-3H3,(H2,24,31)(H2,26,27,28,29). The lowest BCUT2D eigenvalue weighted by Gasteiger charge is -2.39. The zero-order chi connectivity index (χ0) is 23.4. The summed E-state index contributed by atoms with van der Waals surface area (Å²) in [7, 11) is 5.78. The van der Waals surface area contributed by atoms with Crippen molar-refractivity contribution in [2.45, 2.75) is 25.0 Å². The van der Waals surface area contributed by atoms with Crippen molar-refractivity contribution in [3.63, 3.8) is 0 Å². The van der Waals surface area contributed by atoms with Crippen LogP contribution < -0.4 is 25.8 Å². The Bertz CT molecular complexity index is 1130.